The molecule has 2 aliphatic rings. The SMILES string of the molecule is C[C@H]1CN([C@@H](C)CO)C(=O)Cc2cc(NC(=O)CCC(F)(F)F)ccc2O[C@H]1CN(C)CC1CC1. The quantitative estimate of drug-likeness (QED) is 0.544. The molecule has 2 amide bonds. The number of rotatable bonds is 9. The molecule has 0 saturated heterocycles. The fourth-order valence-electron chi connectivity index (χ4n) is 4.33. The highest BCUT2D eigenvalue weighted by atomic mass is 19.4. The number of carbonyl (C=O) groups excluding carboxylic acids is 2. The van der Waals surface area contributed by atoms with Gasteiger partial charge in [0.15, 0.2) is 0 Å². The molecule has 1 fully saturated rings. The number of nitrogens with one attached hydrogen (secondary N) is 1. The van der Waals surface area contributed by atoms with Crippen molar-refractivity contribution in [2.24, 2.45) is 11.8 Å². The second kappa shape index (κ2) is 11.6. The predicted octanol–water partition coefficient (Wildman–Crippen LogP) is 3.46. The molecule has 0 radical (unpaired) electrons. The lowest BCUT2D eigenvalue weighted by Gasteiger charge is -2.34. The van der Waals surface area contributed by atoms with Gasteiger partial charge in [0.1, 0.15) is 11.9 Å². The summed E-state index contributed by atoms with van der Waals surface area (Å²) in [6, 6.07) is 4.45. The highest BCUT2D eigenvalue weighted by Gasteiger charge is 2.32. The number of amides is 2. The van der Waals surface area contributed by atoms with Gasteiger partial charge in [0.05, 0.1) is 25.5 Å². The number of nitrogens with zero attached hydrogens (tertiary/aromatic N) is 2. The van der Waals surface area contributed by atoms with Gasteiger partial charge in [-0.3, -0.25) is 9.59 Å². The number of aliphatic hydroxyl groups excluding tert-OH is 1. The molecule has 1 aromatic carbocycles. The number of alkyl halides is 3. The number of fused-ring (bicyclic) bond motifs is 1. The second-order valence-corrected chi connectivity index (χ2v) is 10.0. The first-order valence-corrected chi connectivity index (χ1v) is 12.2. The molecule has 1 saturated carbocycles. The summed E-state index contributed by atoms with van der Waals surface area (Å²) in [5.41, 5.74) is 0.853. The number of carbonyl (C=O) groups is 2. The standard InChI is InChI=1S/C25H36F3N3O4/c1-16-12-31(17(2)15-32)24(34)11-19-10-20(29-23(33)8-9-25(26,27)28)6-7-21(19)35-22(16)14-30(3)13-18-4-5-18/h6-7,10,16-18,22,32H,4-5,8-9,11-15H2,1-3H3,(H,29,33)/t16-,17-,22-/m0/s1. The zero-order valence-corrected chi connectivity index (χ0v) is 20.6. The molecule has 3 atom stereocenters. The largest absolute Gasteiger partial charge is 0.488 e. The molecule has 3 rings (SSSR count). The molecule has 1 aliphatic heterocycles. The van der Waals surface area contributed by atoms with Gasteiger partial charge in [-0.2, -0.15) is 13.2 Å². The van der Waals surface area contributed by atoms with Crippen LogP contribution in [-0.4, -0.2) is 78.3 Å². The molecule has 0 bridgehead atoms. The van der Waals surface area contributed by atoms with Gasteiger partial charge >= 0.3 is 6.18 Å². The van der Waals surface area contributed by atoms with Gasteiger partial charge in [-0.25, -0.2) is 0 Å². The third-order valence-electron chi connectivity index (χ3n) is 6.59. The van der Waals surface area contributed by atoms with Crippen LogP contribution in [0.25, 0.3) is 0 Å². The summed E-state index contributed by atoms with van der Waals surface area (Å²) in [7, 11) is 2.06. The van der Waals surface area contributed by atoms with E-state index in [4.69, 9.17) is 4.74 Å². The van der Waals surface area contributed by atoms with Crippen molar-refractivity contribution in [3.8, 4) is 5.75 Å². The van der Waals surface area contributed by atoms with Crippen molar-refractivity contribution in [3.05, 3.63) is 23.8 Å². The van der Waals surface area contributed by atoms with Crippen molar-refractivity contribution in [2.45, 2.75) is 64.3 Å². The van der Waals surface area contributed by atoms with Crippen LogP contribution in [0.2, 0.25) is 0 Å². The highest BCUT2D eigenvalue weighted by Crippen LogP contribution is 2.32. The van der Waals surface area contributed by atoms with E-state index in [1.165, 1.54) is 12.8 Å². The average Bonchev–Trinajstić information content (AvgIpc) is 3.58. The fourth-order valence-corrected chi connectivity index (χ4v) is 4.33. The Balaban J connectivity index is 1.82. The third kappa shape index (κ3) is 8.38. The lowest BCUT2D eigenvalue weighted by molar-refractivity contribution is -0.142. The minimum Gasteiger partial charge on any atom is -0.488 e. The smallest absolute Gasteiger partial charge is 0.389 e. The number of ether oxygens (including phenoxy) is 1. The van der Waals surface area contributed by atoms with Crippen LogP contribution in [0.3, 0.4) is 0 Å². The Morgan fingerprint density at radius 2 is 2.03 bits per heavy atom. The molecule has 1 aliphatic carbocycles. The van der Waals surface area contributed by atoms with Crippen LogP contribution in [0.15, 0.2) is 18.2 Å². The second-order valence-electron chi connectivity index (χ2n) is 10.0. The van der Waals surface area contributed by atoms with Gasteiger partial charge in [-0.05, 0) is 50.9 Å². The molecule has 7 nitrogen and oxygen atoms in total. The van der Waals surface area contributed by atoms with Gasteiger partial charge in [0.2, 0.25) is 11.8 Å². The van der Waals surface area contributed by atoms with Crippen molar-refractivity contribution >= 4 is 17.5 Å². The predicted molar refractivity (Wildman–Crippen MR) is 126 cm³/mol. The molecule has 0 unspecified atom stereocenters. The first kappa shape index (κ1) is 27.3. The molecule has 10 heteroatoms. The summed E-state index contributed by atoms with van der Waals surface area (Å²) in [4.78, 5) is 29.1. The molecule has 0 spiro atoms. The summed E-state index contributed by atoms with van der Waals surface area (Å²) in [5, 5.41) is 12.2. The van der Waals surface area contributed by atoms with Crippen LogP contribution in [-0.2, 0) is 16.0 Å². The highest BCUT2D eigenvalue weighted by molar-refractivity contribution is 5.91. The third-order valence-corrected chi connectivity index (χ3v) is 6.59. The van der Waals surface area contributed by atoms with Gasteiger partial charge < -0.3 is 25.0 Å². The van der Waals surface area contributed by atoms with Crippen LogP contribution in [0, 0.1) is 11.8 Å². The van der Waals surface area contributed by atoms with Gasteiger partial charge in [0.25, 0.3) is 0 Å². The first-order chi connectivity index (χ1) is 16.4. The van der Waals surface area contributed by atoms with Crippen LogP contribution >= 0.6 is 0 Å². The van der Waals surface area contributed by atoms with E-state index >= 15 is 0 Å². The van der Waals surface area contributed by atoms with Gasteiger partial charge in [-0.1, -0.05) is 6.92 Å². The van der Waals surface area contributed by atoms with E-state index in [9.17, 15) is 27.9 Å². The Kier molecular flexibility index (Phi) is 9.04. The molecule has 0 aromatic heterocycles. The van der Waals surface area contributed by atoms with Gasteiger partial charge in [0, 0.05) is 43.2 Å². The first-order valence-electron chi connectivity index (χ1n) is 12.2. The number of aliphatic hydroxyl groups is 1. The number of hydrogen-bond donors (Lipinski definition) is 2. The summed E-state index contributed by atoms with van der Waals surface area (Å²) in [5.74, 6) is 0.288. The van der Waals surface area contributed by atoms with E-state index in [1.807, 2.05) is 6.92 Å². The summed E-state index contributed by atoms with van der Waals surface area (Å²) in [6.45, 7) is 5.72. The zero-order chi connectivity index (χ0) is 25.8. The maximum absolute atomic E-state index is 13.2. The lowest BCUT2D eigenvalue weighted by Crippen LogP contribution is -2.47. The number of hydrogen-bond acceptors (Lipinski definition) is 5. The Labute approximate surface area is 204 Å². The van der Waals surface area contributed by atoms with Crippen LogP contribution in [0.4, 0.5) is 18.9 Å². The number of likely N-dealkylation sites (N-methyl/N-ethyl adjacent to an activating group) is 1. The van der Waals surface area contributed by atoms with Crippen molar-refractivity contribution in [1.82, 2.24) is 9.80 Å². The Hall–Kier alpha value is -2.33. The minimum absolute atomic E-state index is 0.0106. The van der Waals surface area contributed by atoms with Gasteiger partial charge in [-0.15, -0.1) is 0 Å². The summed E-state index contributed by atoms with van der Waals surface area (Å²) >= 11 is 0. The van der Waals surface area contributed by atoms with E-state index < -0.39 is 24.9 Å². The molecular formula is C25H36F3N3O4. The normalized spacial score (nSPS) is 22.1. The van der Waals surface area contributed by atoms with E-state index in [-0.39, 0.29) is 37.0 Å². The maximum Gasteiger partial charge on any atom is 0.389 e. The molecule has 35 heavy (non-hydrogen) atoms. The maximum atomic E-state index is 13.2. The fraction of sp³-hybridized carbons (Fsp3) is 0.680. The molecule has 1 heterocycles. The molecule has 1 aromatic rings. The van der Waals surface area contributed by atoms with E-state index in [1.54, 1.807) is 30.0 Å². The van der Waals surface area contributed by atoms with E-state index in [0.29, 0.717) is 30.1 Å². The molecular weight excluding hydrogens is 463 g/mol. The Morgan fingerprint density at radius 3 is 2.66 bits per heavy atom. The molecule has 2 N–H and O–H groups in total. The monoisotopic (exact) mass is 499 g/mol. The topological polar surface area (TPSA) is 82.1 Å². The summed E-state index contributed by atoms with van der Waals surface area (Å²) in [6.07, 6.45) is -4.04. The van der Waals surface area contributed by atoms with Crippen LogP contribution in [0.5, 0.6) is 5.75 Å². The van der Waals surface area contributed by atoms with E-state index in [2.05, 4.69) is 17.3 Å². The van der Waals surface area contributed by atoms with Crippen LogP contribution in [0.1, 0.15) is 45.1 Å². The molecule has 196 valence electrons. The van der Waals surface area contributed by atoms with Crippen molar-refractivity contribution in [3.63, 3.8) is 0 Å². The van der Waals surface area contributed by atoms with Crippen molar-refractivity contribution in [2.75, 3.05) is 38.6 Å². The Bertz CT molecular complexity index is 891. The van der Waals surface area contributed by atoms with Crippen LogP contribution < -0.4 is 10.1 Å². The van der Waals surface area contributed by atoms with E-state index in [0.717, 1.165) is 12.5 Å². The number of halogens is 3. The minimum atomic E-state index is -4.41. The lowest BCUT2D eigenvalue weighted by atomic mass is 10.0. The average molecular weight is 500 g/mol. The number of benzene rings is 1. The zero-order valence-electron chi connectivity index (χ0n) is 20.6. The summed E-state index contributed by atoms with van der Waals surface area (Å²) < 4.78 is 43.8. The van der Waals surface area contributed by atoms with Crippen molar-refractivity contribution in [1.29, 1.82) is 0 Å². The Morgan fingerprint density at radius 1 is 1.31 bits per heavy atom. The van der Waals surface area contributed by atoms with Crippen molar-refractivity contribution < 1.29 is 32.6 Å². The number of anilines is 1.